The highest BCUT2D eigenvalue weighted by atomic mass is 16.5. The Kier molecular flexibility index (Phi) is 2.39. The van der Waals surface area contributed by atoms with Crippen molar-refractivity contribution in [3.05, 3.63) is 23.3 Å². The van der Waals surface area contributed by atoms with E-state index in [9.17, 15) is 9.90 Å². The number of ketones is 1. The van der Waals surface area contributed by atoms with Crippen LogP contribution in [0.3, 0.4) is 0 Å². The number of benzene rings is 1. The molecule has 2 rings (SSSR count). The summed E-state index contributed by atoms with van der Waals surface area (Å²) >= 11 is 0. The average molecular weight is 206 g/mol. The van der Waals surface area contributed by atoms with E-state index < -0.39 is 0 Å². The number of aromatic hydroxyl groups is 1. The van der Waals surface area contributed by atoms with E-state index in [-0.39, 0.29) is 24.1 Å². The minimum Gasteiger partial charge on any atom is -0.508 e. The van der Waals surface area contributed by atoms with Gasteiger partial charge in [0, 0.05) is 24.0 Å². The van der Waals surface area contributed by atoms with Gasteiger partial charge in [-0.05, 0) is 26.0 Å². The maximum atomic E-state index is 11.0. The molecule has 1 heterocycles. The number of fused-ring (bicyclic) bond motifs is 1. The summed E-state index contributed by atoms with van der Waals surface area (Å²) in [5, 5.41) is 9.70. The van der Waals surface area contributed by atoms with Crippen molar-refractivity contribution in [3.63, 3.8) is 0 Å². The Balaban J connectivity index is 2.35. The van der Waals surface area contributed by atoms with Crippen LogP contribution in [-0.4, -0.2) is 17.0 Å². The molecule has 1 unspecified atom stereocenters. The molecule has 0 bridgehead atoms. The van der Waals surface area contributed by atoms with Crippen LogP contribution in [0.4, 0.5) is 0 Å². The predicted octanol–water partition coefficient (Wildman–Crippen LogP) is 1.85. The Labute approximate surface area is 88.7 Å². The lowest BCUT2D eigenvalue weighted by atomic mass is 10.0. The molecule has 80 valence electrons. The summed E-state index contributed by atoms with van der Waals surface area (Å²) in [6, 6.07) is 3.48. The van der Waals surface area contributed by atoms with Crippen LogP contribution in [0.2, 0.25) is 0 Å². The van der Waals surface area contributed by atoms with Crippen molar-refractivity contribution < 1.29 is 14.6 Å². The lowest BCUT2D eigenvalue weighted by molar-refractivity contribution is -0.116. The third-order valence-corrected chi connectivity index (χ3v) is 2.54. The smallest absolute Gasteiger partial charge is 0.134 e. The maximum Gasteiger partial charge on any atom is 0.134 e. The van der Waals surface area contributed by atoms with Crippen LogP contribution in [-0.2, 0) is 17.6 Å². The van der Waals surface area contributed by atoms with Crippen LogP contribution in [0.1, 0.15) is 25.0 Å². The second-order valence-electron chi connectivity index (χ2n) is 4.10. The number of hydrogen-bond acceptors (Lipinski definition) is 3. The SMILES string of the molecule is CC(=O)Cc1cc2c(cc1O)CC(C)O2. The third kappa shape index (κ3) is 1.96. The number of hydrogen-bond donors (Lipinski definition) is 1. The highest BCUT2D eigenvalue weighted by Crippen LogP contribution is 2.34. The molecular weight excluding hydrogens is 192 g/mol. The maximum absolute atomic E-state index is 11.0. The zero-order valence-electron chi connectivity index (χ0n) is 8.91. The van der Waals surface area contributed by atoms with Crippen LogP contribution in [0.15, 0.2) is 12.1 Å². The standard InChI is InChI=1S/C12H14O3/c1-7(13)3-9-6-12-10(5-11(9)14)4-8(2)15-12/h5-6,8,14H,3-4H2,1-2H3. The van der Waals surface area contributed by atoms with Crippen LogP contribution in [0, 0.1) is 0 Å². The molecule has 1 aliphatic rings. The molecule has 0 saturated heterocycles. The van der Waals surface area contributed by atoms with Crippen LogP contribution in [0.25, 0.3) is 0 Å². The first kappa shape index (κ1) is 10.0. The quantitative estimate of drug-likeness (QED) is 0.803. The summed E-state index contributed by atoms with van der Waals surface area (Å²) in [7, 11) is 0. The van der Waals surface area contributed by atoms with E-state index >= 15 is 0 Å². The molecule has 0 radical (unpaired) electrons. The molecule has 0 saturated carbocycles. The molecule has 1 aromatic carbocycles. The molecule has 15 heavy (non-hydrogen) atoms. The van der Waals surface area contributed by atoms with Gasteiger partial charge < -0.3 is 9.84 Å². The Hall–Kier alpha value is -1.51. The molecule has 1 aromatic rings. The van der Waals surface area contributed by atoms with Crippen molar-refractivity contribution in [3.8, 4) is 11.5 Å². The number of carbonyl (C=O) groups is 1. The minimum atomic E-state index is 0.0382. The van der Waals surface area contributed by atoms with Gasteiger partial charge in [-0.1, -0.05) is 0 Å². The fourth-order valence-corrected chi connectivity index (χ4v) is 1.90. The Bertz CT molecular complexity index is 410. The van der Waals surface area contributed by atoms with Gasteiger partial charge in [0.05, 0.1) is 0 Å². The van der Waals surface area contributed by atoms with Crippen molar-refractivity contribution in [2.24, 2.45) is 0 Å². The van der Waals surface area contributed by atoms with Gasteiger partial charge >= 0.3 is 0 Å². The summed E-state index contributed by atoms with van der Waals surface area (Å²) in [5.41, 5.74) is 1.67. The largest absolute Gasteiger partial charge is 0.508 e. The van der Waals surface area contributed by atoms with Crippen molar-refractivity contribution in [2.45, 2.75) is 32.8 Å². The van der Waals surface area contributed by atoms with Crippen molar-refractivity contribution in [1.29, 1.82) is 0 Å². The van der Waals surface area contributed by atoms with E-state index in [0.29, 0.717) is 5.56 Å². The van der Waals surface area contributed by atoms with Crippen LogP contribution in [0.5, 0.6) is 11.5 Å². The summed E-state index contributed by atoms with van der Waals surface area (Å²) < 4.78 is 5.56. The molecule has 0 spiro atoms. The third-order valence-electron chi connectivity index (χ3n) is 2.54. The number of carbonyl (C=O) groups excluding carboxylic acids is 1. The molecule has 0 aliphatic carbocycles. The van der Waals surface area contributed by atoms with Gasteiger partial charge in [-0.15, -0.1) is 0 Å². The first-order valence-electron chi connectivity index (χ1n) is 5.07. The zero-order chi connectivity index (χ0) is 11.0. The lowest BCUT2D eigenvalue weighted by Gasteiger charge is -2.06. The first-order chi connectivity index (χ1) is 7.06. The van der Waals surface area contributed by atoms with Crippen molar-refractivity contribution in [1.82, 2.24) is 0 Å². The molecular formula is C12H14O3. The van der Waals surface area contributed by atoms with Gasteiger partial charge in [-0.3, -0.25) is 4.79 Å². The molecule has 1 aliphatic heterocycles. The van der Waals surface area contributed by atoms with Gasteiger partial charge in [0.25, 0.3) is 0 Å². The Morgan fingerprint density at radius 3 is 3.00 bits per heavy atom. The Morgan fingerprint density at radius 1 is 1.60 bits per heavy atom. The van der Waals surface area contributed by atoms with Gasteiger partial charge in [0.15, 0.2) is 0 Å². The van der Waals surface area contributed by atoms with E-state index in [1.54, 1.807) is 12.1 Å². The average Bonchev–Trinajstić information content (AvgIpc) is 2.44. The van der Waals surface area contributed by atoms with E-state index in [1.165, 1.54) is 6.92 Å². The normalized spacial score (nSPS) is 18.4. The summed E-state index contributed by atoms with van der Waals surface area (Å²) in [6.45, 7) is 3.50. The molecule has 1 N–H and O–H groups in total. The van der Waals surface area contributed by atoms with Crippen molar-refractivity contribution >= 4 is 5.78 Å². The number of ether oxygens (including phenoxy) is 1. The Morgan fingerprint density at radius 2 is 2.33 bits per heavy atom. The van der Waals surface area contributed by atoms with Crippen LogP contribution < -0.4 is 4.74 Å². The molecule has 0 fully saturated rings. The topological polar surface area (TPSA) is 46.5 Å². The van der Waals surface area contributed by atoms with E-state index in [4.69, 9.17) is 4.74 Å². The summed E-state index contributed by atoms with van der Waals surface area (Å²) in [6.07, 6.45) is 1.24. The molecule has 0 amide bonds. The second-order valence-corrected chi connectivity index (χ2v) is 4.10. The zero-order valence-corrected chi connectivity index (χ0v) is 8.91. The number of phenols is 1. The first-order valence-corrected chi connectivity index (χ1v) is 5.07. The molecule has 3 heteroatoms. The number of phenolic OH excluding ortho intramolecular Hbond substituents is 1. The molecule has 3 nitrogen and oxygen atoms in total. The fraction of sp³-hybridized carbons (Fsp3) is 0.417. The highest BCUT2D eigenvalue weighted by molar-refractivity contribution is 5.79. The molecule has 0 aromatic heterocycles. The number of rotatable bonds is 2. The van der Waals surface area contributed by atoms with E-state index in [2.05, 4.69) is 0 Å². The predicted molar refractivity (Wildman–Crippen MR) is 56.3 cm³/mol. The minimum absolute atomic E-state index is 0.0382. The lowest BCUT2D eigenvalue weighted by Crippen LogP contribution is -2.05. The number of Topliss-reactive ketones (excluding diaryl/α,β-unsaturated/α-hetero) is 1. The second kappa shape index (κ2) is 3.57. The van der Waals surface area contributed by atoms with Crippen molar-refractivity contribution in [2.75, 3.05) is 0 Å². The summed E-state index contributed by atoms with van der Waals surface area (Å²) in [5.74, 6) is 1.04. The van der Waals surface area contributed by atoms with E-state index in [0.717, 1.165) is 17.7 Å². The van der Waals surface area contributed by atoms with E-state index in [1.807, 2.05) is 6.92 Å². The van der Waals surface area contributed by atoms with Gasteiger partial charge in [0.1, 0.15) is 23.4 Å². The fourth-order valence-electron chi connectivity index (χ4n) is 1.90. The monoisotopic (exact) mass is 206 g/mol. The van der Waals surface area contributed by atoms with Gasteiger partial charge in [-0.25, -0.2) is 0 Å². The van der Waals surface area contributed by atoms with Crippen LogP contribution >= 0.6 is 0 Å². The highest BCUT2D eigenvalue weighted by Gasteiger charge is 2.21. The van der Waals surface area contributed by atoms with Gasteiger partial charge in [0.2, 0.25) is 0 Å². The molecule has 1 atom stereocenters. The van der Waals surface area contributed by atoms with Gasteiger partial charge in [-0.2, -0.15) is 0 Å². The summed E-state index contributed by atoms with van der Waals surface area (Å²) in [4.78, 5) is 11.0.